The second-order valence-corrected chi connectivity index (χ2v) is 9.74. The maximum absolute atomic E-state index is 15.5. The molecule has 9 nitrogen and oxygen atoms in total. The third kappa shape index (κ3) is 7.22. The number of aryl methyl sites for hydroxylation is 1. The summed E-state index contributed by atoms with van der Waals surface area (Å²) in [7, 11) is 1.36. The second-order valence-electron chi connectivity index (χ2n) is 9.74. The first-order valence-corrected chi connectivity index (χ1v) is 13.5. The van der Waals surface area contributed by atoms with Crippen LogP contribution in [0.15, 0.2) is 60.7 Å². The largest absolute Gasteiger partial charge is 0.493 e. The number of methoxy groups -OCH3 is 1. The van der Waals surface area contributed by atoms with Crippen LogP contribution in [0.5, 0.6) is 17.4 Å². The molecule has 4 rings (SSSR count). The Morgan fingerprint density at radius 1 is 1.00 bits per heavy atom. The number of nitrogens with zero attached hydrogens (tertiary/aromatic N) is 3. The van der Waals surface area contributed by atoms with Gasteiger partial charge in [0, 0.05) is 30.2 Å². The Bertz CT molecular complexity index is 1650. The number of ether oxygens (including phenoxy) is 2. The van der Waals surface area contributed by atoms with E-state index in [0.29, 0.717) is 6.42 Å². The number of amides is 2. The quantitative estimate of drug-likeness (QED) is 0.150. The minimum Gasteiger partial charge on any atom is -0.493 e. The number of aromatic nitrogens is 2. The Kier molecular flexibility index (Phi) is 9.99. The molecular weight excluding hydrogens is 582 g/mol. The summed E-state index contributed by atoms with van der Waals surface area (Å²) in [6.07, 6.45) is 1.40. The van der Waals surface area contributed by atoms with Crippen LogP contribution in [0, 0.1) is 17.5 Å². The third-order valence-electron chi connectivity index (χ3n) is 6.61. The molecule has 0 aliphatic carbocycles. The zero-order valence-corrected chi connectivity index (χ0v) is 24.0. The molecule has 2 amide bonds. The zero-order chi connectivity index (χ0) is 32.0. The molecule has 3 N–H and O–H groups in total. The Hall–Kier alpha value is -5.20. The van der Waals surface area contributed by atoms with Crippen molar-refractivity contribution in [2.45, 2.75) is 39.2 Å². The van der Waals surface area contributed by atoms with Gasteiger partial charge in [0.05, 0.1) is 12.8 Å². The molecule has 0 saturated heterocycles. The van der Waals surface area contributed by atoms with Gasteiger partial charge in [0.1, 0.15) is 17.1 Å². The first-order valence-electron chi connectivity index (χ1n) is 13.5. The molecule has 0 aliphatic heterocycles. The highest BCUT2D eigenvalue weighted by molar-refractivity contribution is 6.10. The second kappa shape index (κ2) is 13.8. The molecule has 13 heteroatoms. The fraction of sp³-hybridized carbons (Fsp3) is 0.226. The molecule has 1 heterocycles. The van der Waals surface area contributed by atoms with Gasteiger partial charge in [-0.25, -0.2) is 18.2 Å². The van der Waals surface area contributed by atoms with Gasteiger partial charge >= 0.3 is 0 Å². The van der Waals surface area contributed by atoms with Gasteiger partial charge in [-0.05, 0) is 37.5 Å². The fourth-order valence-corrected chi connectivity index (χ4v) is 4.21. The van der Waals surface area contributed by atoms with E-state index in [1.165, 1.54) is 25.3 Å². The smallest absolute Gasteiger partial charge is 0.294 e. The van der Waals surface area contributed by atoms with Gasteiger partial charge < -0.3 is 20.5 Å². The van der Waals surface area contributed by atoms with Crippen LogP contribution in [0.4, 0.5) is 29.3 Å². The Morgan fingerprint density at radius 2 is 1.68 bits per heavy atom. The number of nitrogen functional groups attached to an aromatic ring is 1. The monoisotopic (exact) mass is 611 g/mol. The molecule has 0 unspecified atom stereocenters. The summed E-state index contributed by atoms with van der Waals surface area (Å²) in [6, 6.07) is 13.2. The van der Waals surface area contributed by atoms with Gasteiger partial charge in [-0.2, -0.15) is 4.98 Å². The highest BCUT2D eigenvalue weighted by Crippen LogP contribution is 2.38. The number of rotatable bonds is 11. The maximum Gasteiger partial charge on any atom is 0.294 e. The van der Waals surface area contributed by atoms with E-state index in [2.05, 4.69) is 15.3 Å². The van der Waals surface area contributed by atoms with Crippen LogP contribution in [-0.2, 0) is 11.2 Å². The van der Waals surface area contributed by atoms with Crippen molar-refractivity contribution >= 4 is 23.5 Å². The van der Waals surface area contributed by atoms with Crippen LogP contribution in [0.1, 0.15) is 42.6 Å². The number of nitrogens with two attached hydrogens (primary N) is 1. The molecule has 0 spiro atoms. The normalized spacial score (nSPS) is 11.5. The van der Waals surface area contributed by atoms with Crippen molar-refractivity contribution in [2.75, 3.05) is 18.0 Å². The lowest BCUT2D eigenvalue weighted by Crippen LogP contribution is -2.31. The van der Waals surface area contributed by atoms with E-state index in [0.717, 1.165) is 12.0 Å². The van der Waals surface area contributed by atoms with Gasteiger partial charge in [0.15, 0.2) is 23.1 Å². The standard InChI is InChI=1S/C31H29F4N5O4/c1-4-17(2)37-25(41)13-11-18-10-12-23(24(14-18)43-3)44-29-26(27(38-31(36)39-29)19-8-6-5-7-9-19)30(42)40(35)28-21(33)15-20(32)16-22(28)34/h5-10,12,14-17H,4,11,13H2,1-3H3,(H,37,41)(H2,36,38,39)/t17-/m1/s1. The number of benzene rings is 3. The van der Waals surface area contributed by atoms with E-state index in [1.54, 1.807) is 30.3 Å². The minimum absolute atomic E-state index is 0.0241. The van der Waals surface area contributed by atoms with Crippen molar-refractivity contribution in [3.05, 3.63) is 89.2 Å². The summed E-state index contributed by atoms with van der Waals surface area (Å²) in [4.78, 5) is 33.8. The van der Waals surface area contributed by atoms with Crippen molar-refractivity contribution in [1.82, 2.24) is 15.3 Å². The number of anilines is 2. The summed E-state index contributed by atoms with van der Waals surface area (Å²) >= 11 is 0. The van der Waals surface area contributed by atoms with Crippen LogP contribution in [0.2, 0.25) is 0 Å². The lowest BCUT2D eigenvalue weighted by molar-refractivity contribution is -0.121. The van der Waals surface area contributed by atoms with Crippen LogP contribution < -0.4 is 25.6 Å². The van der Waals surface area contributed by atoms with Crippen LogP contribution in [-0.4, -0.2) is 34.9 Å². The number of nitrogens with one attached hydrogen (secondary N) is 1. The van der Waals surface area contributed by atoms with Gasteiger partial charge in [-0.3, -0.25) is 9.59 Å². The van der Waals surface area contributed by atoms with E-state index in [4.69, 9.17) is 15.2 Å². The molecule has 0 fully saturated rings. The number of hydrogen-bond acceptors (Lipinski definition) is 7. The van der Waals surface area contributed by atoms with Crippen molar-refractivity contribution < 1.29 is 36.7 Å². The minimum atomic E-state index is -1.66. The van der Waals surface area contributed by atoms with Crippen LogP contribution in [0.3, 0.4) is 0 Å². The van der Waals surface area contributed by atoms with Crippen molar-refractivity contribution in [2.24, 2.45) is 0 Å². The number of carbonyl (C=O) groups is 2. The average Bonchev–Trinajstić information content (AvgIpc) is 2.99. The summed E-state index contributed by atoms with van der Waals surface area (Å²) in [6.45, 7) is 3.87. The van der Waals surface area contributed by atoms with Gasteiger partial charge in [-0.15, -0.1) is 5.12 Å². The topological polar surface area (TPSA) is 120 Å². The van der Waals surface area contributed by atoms with Gasteiger partial charge in [0.2, 0.25) is 17.7 Å². The van der Waals surface area contributed by atoms with Crippen molar-refractivity contribution in [1.29, 1.82) is 0 Å². The van der Waals surface area contributed by atoms with E-state index >= 15 is 4.48 Å². The maximum atomic E-state index is 15.5. The molecule has 1 aromatic heterocycles. The van der Waals surface area contributed by atoms with Crippen molar-refractivity contribution in [3.63, 3.8) is 0 Å². The molecule has 0 aliphatic rings. The lowest BCUT2D eigenvalue weighted by atomic mass is 10.1. The van der Waals surface area contributed by atoms with Gasteiger partial charge in [0.25, 0.3) is 5.91 Å². The average molecular weight is 612 g/mol. The lowest BCUT2D eigenvalue weighted by Gasteiger charge is -2.19. The van der Waals surface area contributed by atoms with Gasteiger partial charge in [-0.1, -0.05) is 47.8 Å². The predicted octanol–water partition coefficient (Wildman–Crippen LogP) is 6.32. The summed E-state index contributed by atoms with van der Waals surface area (Å²) in [5.41, 5.74) is 4.65. The summed E-state index contributed by atoms with van der Waals surface area (Å²) < 4.78 is 69.3. The zero-order valence-electron chi connectivity index (χ0n) is 24.0. The molecule has 3 aromatic carbocycles. The molecule has 4 aromatic rings. The Labute approximate surface area is 250 Å². The summed E-state index contributed by atoms with van der Waals surface area (Å²) in [5, 5.41) is 2.07. The molecule has 230 valence electrons. The Morgan fingerprint density at radius 3 is 2.32 bits per heavy atom. The SMILES string of the molecule is CC[C@@H](C)NC(=O)CCc1ccc(Oc2nc(N)nc(-c3ccccc3)c2C(=O)N(F)c2c(F)cc(F)cc2F)c(OC)c1. The Balaban J connectivity index is 1.75. The van der Waals surface area contributed by atoms with Crippen LogP contribution in [0.25, 0.3) is 11.3 Å². The fourth-order valence-electron chi connectivity index (χ4n) is 4.21. The predicted molar refractivity (Wildman–Crippen MR) is 155 cm³/mol. The molecule has 0 saturated carbocycles. The first kappa shape index (κ1) is 31.7. The van der Waals surface area contributed by atoms with Crippen molar-refractivity contribution in [3.8, 4) is 28.6 Å². The highest BCUT2D eigenvalue weighted by Gasteiger charge is 2.32. The molecular formula is C31H29F4N5O4. The van der Waals surface area contributed by atoms with E-state index in [9.17, 15) is 22.8 Å². The number of hydrogen-bond donors (Lipinski definition) is 2. The molecule has 0 bridgehead atoms. The van der Waals surface area contributed by atoms with Crippen LogP contribution >= 0.6 is 0 Å². The summed E-state index contributed by atoms with van der Waals surface area (Å²) in [5.74, 6) is -7.06. The number of halogens is 4. The van der Waals surface area contributed by atoms with E-state index in [1.807, 2.05) is 13.8 Å². The molecule has 44 heavy (non-hydrogen) atoms. The molecule has 1 atom stereocenters. The van der Waals surface area contributed by atoms with E-state index in [-0.39, 0.29) is 59.2 Å². The first-order chi connectivity index (χ1) is 21.0. The van der Waals surface area contributed by atoms with E-state index < -0.39 is 45.6 Å². The highest BCUT2D eigenvalue weighted by atomic mass is 19.2. The molecule has 0 radical (unpaired) electrons. The third-order valence-corrected chi connectivity index (χ3v) is 6.61. The number of carbonyl (C=O) groups excluding carboxylic acids is 2.